The van der Waals surface area contributed by atoms with Crippen molar-refractivity contribution in [2.75, 3.05) is 17.1 Å². The van der Waals surface area contributed by atoms with Gasteiger partial charge in [0.15, 0.2) is 0 Å². The summed E-state index contributed by atoms with van der Waals surface area (Å²) in [5, 5.41) is 2.48. The van der Waals surface area contributed by atoms with Crippen LogP contribution in [0, 0.1) is 0 Å². The molecule has 2 aromatic rings. The van der Waals surface area contributed by atoms with Crippen molar-refractivity contribution in [1.29, 1.82) is 0 Å². The Morgan fingerprint density at radius 3 is 2.38 bits per heavy atom. The van der Waals surface area contributed by atoms with Gasteiger partial charge in [0.25, 0.3) is 10.0 Å². The highest BCUT2D eigenvalue weighted by Gasteiger charge is 2.14. The van der Waals surface area contributed by atoms with Crippen molar-refractivity contribution in [3.8, 4) is 0 Å². The van der Waals surface area contributed by atoms with Gasteiger partial charge in [0.05, 0.1) is 17.7 Å². The summed E-state index contributed by atoms with van der Waals surface area (Å²) >= 11 is 0. The Bertz CT molecular complexity index is 802. The van der Waals surface area contributed by atoms with E-state index in [4.69, 9.17) is 0 Å². The number of amides is 1. The minimum atomic E-state index is -3.69. The van der Waals surface area contributed by atoms with Crippen LogP contribution in [-0.4, -0.2) is 21.6 Å². The van der Waals surface area contributed by atoms with Crippen LogP contribution in [0.5, 0.6) is 0 Å². The Morgan fingerprint density at radius 2 is 1.75 bits per heavy atom. The van der Waals surface area contributed by atoms with Crippen LogP contribution >= 0.6 is 0 Å². The fraction of sp³-hybridized carbons (Fsp3) is 0.235. The van der Waals surface area contributed by atoms with E-state index >= 15 is 0 Å². The van der Waals surface area contributed by atoms with Crippen LogP contribution in [0.25, 0.3) is 0 Å². The van der Waals surface area contributed by atoms with Crippen molar-refractivity contribution >= 4 is 27.5 Å². The van der Waals surface area contributed by atoms with Crippen LogP contribution < -0.4 is 10.0 Å². The lowest BCUT2D eigenvalue weighted by Crippen LogP contribution is -2.14. The molecule has 7 heteroatoms. The predicted molar refractivity (Wildman–Crippen MR) is 93.7 cm³/mol. The third-order valence-electron chi connectivity index (χ3n) is 3.32. The van der Waals surface area contributed by atoms with Crippen molar-refractivity contribution in [2.45, 2.75) is 24.7 Å². The highest BCUT2D eigenvalue weighted by Crippen LogP contribution is 2.20. The van der Waals surface area contributed by atoms with Gasteiger partial charge in [-0.25, -0.2) is 13.2 Å². The normalized spacial score (nSPS) is 10.9. The minimum Gasteiger partial charge on any atom is -0.453 e. The molecule has 0 aromatic heterocycles. The fourth-order valence-corrected chi connectivity index (χ4v) is 3.22. The second kappa shape index (κ2) is 7.83. The molecule has 0 aliphatic carbocycles. The summed E-state index contributed by atoms with van der Waals surface area (Å²) in [6, 6.07) is 13.2. The molecule has 1 amide bonds. The lowest BCUT2D eigenvalue weighted by Gasteiger charge is -2.10. The Labute approximate surface area is 141 Å². The first-order valence-electron chi connectivity index (χ1n) is 7.51. The van der Waals surface area contributed by atoms with Crippen LogP contribution in [0.2, 0.25) is 0 Å². The zero-order valence-corrected chi connectivity index (χ0v) is 14.4. The van der Waals surface area contributed by atoms with E-state index < -0.39 is 16.1 Å². The number of carbonyl (C=O) groups is 1. The standard InChI is InChI=1S/C17H20N2O4S/c1-3-5-13-8-10-16(11-9-13)24(21,22)19-15-7-4-6-14(12-15)18-17(20)23-2/h4,6-12,19H,3,5H2,1-2H3,(H,18,20). The van der Waals surface area contributed by atoms with Crippen molar-refractivity contribution in [1.82, 2.24) is 0 Å². The molecule has 0 saturated carbocycles. The van der Waals surface area contributed by atoms with Crippen molar-refractivity contribution in [3.63, 3.8) is 0 Å². The Kier molecular flexibility index (Phi) is 5.81. The molecule has 0 saturated heterocycles. The van der Waals surface area contributed by atoms with Gasteiger partial charge in [0.1, 0.15) is 0 Å². The molecule has 0 aliphatic heterocycles. The number of anilines is 2. The number of carbonyl (C=O) groups excluding carboxylic acids is 1. The zero-order valence-electron chi connectivity index (χ0n) is 13.6. The number of aryl methyl sites for hydroxylation is 1. The van der Waals surface area contributed by atoms with Crippen LogP contribution in [0.4, 0.5) is 16.2 Å². The molecule has 2 N–H and O–H groups in total. The summed E-state index contributed by atoms with van der Waals surface area (Å²) in [5.74, 6) is 0. The van der Waals surface area contributed by atoms with Crippen LogP contribution in [0.1, 0.15) is 18.9 Å². The molecule has 0 heterocycles. The number of rotatable bonds is 6. The van der Waals surface area contributed by atoms with E-state index in [9.17, 15) is 13.2 Å². The van der Waals surface area contributed by atoms with Gasteiger partial charge < -0.3 is 4.74 Å². The van der Waals surface area contributed by atoms with Gasteiger partial charge in [-0.1, -0.05) is 31.5 Å². The number of nitrogens with one attached hydrogen (secondary N) is 2. The highest BCUT2D eigenvalue weighted by atomic mass is 32.2. The first-order valence-corrected chi connectivity index (χ1v) is 8.99. The summed E-state index contributed by atoms with van der Waals surface area (Å²) in [6.45, 7) is 2.07. The Morgan fingerprint density at radius 1 is 1.08 bits per heavy atom. The van der Waals surface area contributed by atoms with Crippen LogP contribution in [0.15, 0.2) is 53.4 Å². The topological polar surface area (TPSA) is 84.5 Å². The number of hydrogen-bond donors (Lipinski definition) is 2. The molecule has 128 valence electrons. The quantitative estimate of drug-likeness (QED) is 0.835. The summed E-state index contributed by atoms with van der Waals surface area (Å²) < 4.78 is 31.9. The third-order valence-corrected chi connectivity index (χ3v) is 4.72. The average molecular weight is 348 g/mol. The maximum Gasteiger partial charge on any atom is 0.411 e. The number of methoxy groups -OCH3 is 1. The van der Waals surface area contributed by atoms with Gasteiger partial charge in [-0.05, 0) is 42.3 Å². The summed E-state index contributed by atoms with van der Waals surface area (Å²) in [5.41, 5.74) is 1.88. The van der Waals surface area contributed by atoms with Crippen LogP contribution in [0.3, 0.4) is 0 Å². The molecule has 24 heavy (non-hydrogen) atoms. The second-order valence-corrected chi connectivity index (χ2v) is 6.88. The smallest absolute Gasteiger partial charge is 0.411 e. The van der Waals surface area contributed by atoms with Gasteiger partial charge in [-0.3, -0.25) is 10.0 Å². The molecule has 0 spiro atoms. The van der Waals surface area contributed by atoms with Crippen LogP contribution in [-0.2, 0) is 21.2 Å². The molecule has 2 rings (SSSR count). The van der Waals surface area contributed by atoms with E-state index in [1.807, 2.05) is 12.1 Å². The van der Waals surface area contributed by atoms with E-state index in [0.717, 1.165) is 18.4 Å². The fourth-order valence-electron chi connectivity index (χ4n) is 2.17. The summed E-state index contributed by atoms with van der Waals surface area (Å²) in [6.07, 6.45) is 1.29. The third kappa shape index (κ3) is 4.73. The zero-order chi connectivity index (χ0) is 17.6. The molecule has 0 radical (unpaired) electrons. The monoisotopic (exact) mass is 348 g/mol. The first-order chi connectivity index (χ1) is 11.4. The highest BCUT2D eigenvalue weighted by molar-refractivity contribution is 7.92. The molecule has 0 unspecified atom stereocenters. The predicted octanol–water partition coefficient (Wildman–Crippen LogP) is 3.62. The first kappa shape index (κ1) is 17.8. The maximum atomic E-state index is 12.4. The molecular formula is C17H20N2O4S. The Balaban J connectivity index is 2.16. The van der Waals surface area contributed by atoms with E-state index in [0.29, 0.717) is 11.4 Å². The summed E-state index contributed by atoms with van der Waals surface area (Å²) in [4.78, 5) is 11.4. The number of sulfonamides is 1. The molecule has 0 bridgehead atoms. The minimum absolute atomic E-state index is 0.189. The Hall–Kier alpha value is -2.54. The van der Waals surface area contributed by atoms with Crippen molar-refractivity contribution in [3.05, 3.63) is 54.1 Å². The average Bonchev–Trinajstić information content (AvgIpc) is 2.55. The molecule has 0 fully saturated rings. The number of benzene rings is 2. The van der Waals surface area contributed by atoms with Gasteiger partial charge in [-0.15, -0.1) is 0 Å². The maximum absolute atomic E-state index is 12.4. The molecule has 6 nitrogen and oxygen atoms in total. The number of hydrogen-bond acceptors (Lipinski definition) is 4. The lowest BCUT2D eigenvalue weighted by molar-refractivity contribution is 0.187. The second-order valence-electron chi connectivity index (χ2n) is 5.20. The SMILES string of the molecule is CCCc1ccc(S(=O)(=O)Nc2cccc(NC(=O)OC)c2)cc1. The summed E-state index contributed by atoms with van der Waals surface area (Å²) in [7, 11) is -2.44. The molecule has 2 aromatic carbocycles. The van der Waals surface area contributed by atoms with Gasteiger partial charge >= 0.3 is 6.09 Å². The largest absolute Gasteiger partial charge is 0.453 e. The lowest BCUT2D eigenvalue weighted by atomic mass is 10.1. The van der Waals surface area contributed by atoms with Gasteiger partial charge in [0, 0.05) is 5.69 Å². The molecule has 0 atom stereocenters. The van der Waals surface area contributed by atoms with Gasteiger partial charge in [-0.2, -0.15) is 0 Å². The van der Waals surface area contributed by atoms with E-state index in [2.05, 4.69) is 21.7 Å². The number of ether oxygens (including phenoxy) is 1. The molecule has 0 aliphatic rings. The molecular weight excluding hydrogens is 328 g/mol. The van der Waals surface area contributed by atoms with E-state index in [1.165, 1.54) is 13.2 Å². The van der Waals surface area contributed by atoms with Crippen molar-refractivity contribution in [2.24, 2.45) is 0 Å². The van der Waals surface area contributed by atoms with E-state index in [-0.39, 0.29) is 4.90 Å². The van der Waals surface area contributed by atoms with E-state index in [1.54, 1.807) is 30.3 Å². The van der Waals surface area contributed by atoms with Crippen molar-refractivity contribution < 1.29 is 17.9 Å². The van der Waals surface area contributed by atoms with Gasteiger partial charge in [0.2, 0.25) is 0 Å².